The number of furan rings is 1. The van der Waals surface area contributed by atoms with Gasteiger partial charge in [-0.25, -0.2) is 9.18 Å². The van der Waals surface area contributed by atoms with E-state index in [9.17, 15) is 4.79 Å². The number of hydrogen-bond acceptors (Lipinski definition) is 3. The molecule has 0 aliphatic heterocycles. The van der Waals surface area contributed by atoms with E-state index in [1.165, 1.54) is 6.26 Å². The molecule has 0 aliphatic rings. The van der Waals surface area contributed by atoms with Crippen molar-refractivity contribution in [3.05, 3.63) is 77.2 Å². The Balaban J connectivity index is 0.00000392. The fraction of sp³-hybridized carbons (Fsp3) is 0.304. The molecule has 0 saturated heterocycles. The third-order valence-electron chi connectivity index (χ3n) is 3.62. The molecule has 0 bridgehead atoms. The number of alkyl carbamates (subject to hydrolysis) is 1. The fourth-order valence-corrected chi connectivity index (χ4v) is 2.53. The Labute approximate surface area is 205 Å². The zero-order chi connectivity index (χ0) is 20.2. The van der Waals surface area contributed by atoms with Gasteiger partial charge in [0.05, 0.1) is 6.26 Å². The number of amides is 1. The maximum absolute atomic E-state index is 15.2. The van der Waals surface area contributed by atoms with E-state index in [0.717, 1.165) is 5.57 Å². The van der Waals surface area contributed by atoms with Crippen molar-refractivity contribution < 1.29 is 59.2 Å². The summed E-state index contributed by atoms with van der Waals surface area (Å²) < 4.78 is 25.9. The molecule has 29 heavy (non-hydrogen) atoms. The number of allylic oxidation sites excluding steroid dienone is 2. The first-order chi connectivity index (χ1) is 12.6. The molecule has 0 unspecified atom stereocenters. The summed E-state index contributed by atoms with van der Waals surface area (Å²) in [5, 5.41) is 3.27. The summed E-state index contributed by atoms with van der Waals surface area (Å²) in [4.78, 5) is 11.8. The summed E-state index contributed by atoms with van der Waals surface area (Å²) in [6, 6.07) is 6.79. The minimum atomic E-state index is -0.612. The Bertz CT molecular complexity index is 967. The van der Waals surface area contributed by atoms with E-state index in [4.69, 9.17) is 9.15 Å². The van der Waals surface area contributed by atoms with Crippen molar-refractivity contribution >= 4 is 18.2 Å². The molecule has 1 N–H and O–H groups in total. The minimum absolute atomic E-state index is 0. The van der Waals surface area contributed by atoms with Crippen LogP contribution >= 0.6 is 0 Å². The van der Waals surface area contributed by atoms with Crippen LogP contribution in [0.2, 0.25) is 0 Å². The van der Waals surface area contributed by atoms with Crippen LogP contribution in [0.1, 0.15) is 45.7 Å². The quantitative estimate of drug-likeness (QED) is 0.594. The van der Waals surface area contributed by atoms with E-state index in [2.05, 4.69) is 11.9 Å². The van der Waals surface area contributed by atoms with Crippen molar-refractivity contribution in [3.63, 3.8) is 0 Å². The van der Waals surface area contributed by atoms with Crippen LogP contribution in [0.15, 0.2) is 46.6 Å². The standard InChI is InChI=1S/C22H26FNO3.CH3.Nd/c1-14(2)12-18(20-15(3)10-11-26-20)17-9-7-8-16(19(17)23)13-24-21(25)27-22(4,5)6;;/h7-12H,3,13H2,1-2,4-6H3,(H,24,25);1H3;/q;-1;/b20-18-;;. The van der Waals surface area contributed by atoms with Crippen LogP contribution in [0.3, 0.4) is 0 Å². The molecule has 1 aromatic carbocycles. The van der Waals surface area contributed by atoms with Gasteiger partial charge in [-0.2, -0.15) is 0 Å². The Morgan fingerprint density at radius 1 is 1.28 bits per heavy atom. The van der Waals surface area contributed by atoms with Crippen LogP contribution in [0.25, 0.3) is 12.2 Å². The van der Waals surface area contributed by atoms with Gasteiger partial charge < -0.3 is 21.9 Å². The second-order valence-corrected chi connectivity index (χ2v) is 7.54. The number of nitrogens with one attached hydrogen (secondary N) is 1. The first-order valence-corrected chi connectivity index (χ1v) is 8.75. The summed E-state index contributed by atoms with van der Waals surface area (Å²) >= 11 is 0. The van der Waals surface area contributed by atoms with E-state index in [0.29, 0.717) is 27.3 Å². The summed E-state index contributed by atoms with van der Waals surface area (Å²) in [5.74, 6) is -0.420. The van der Waals surface area contributed by atoms with Crippen LogP contribution in [-0.2, 0) is 11.3 Å². The normalized spacial score (nSPS) is 11.5. The second kappa shape index (κ2) is 11.6. The average molecular weight is 531 g/mol. The van der Waals surface area contributed by atoms with E-state index >= 15 is 4.39 Å². The van der Waals surface area contributed by atoms with Crippen LogP contribution < -0.4 is 16.0 Å². The van der Waals surface area contributed by atoms with Gasteiger partial charge in [0.15, 0.2) is 0 Å². The zero-order valence-corrected chi connectivity index (χ0v) is 21.2. The Hall–Kier alpha value is -1.47. The van der Waals surface area contributed by atoms with Crippen molar-refractivity contribution in [3.8, 4) is 0 Å². The average Bonchev–Trinajstić information content (AvgIpc) is 2.96. The minimum Gasteiger partial charge on any atom is -0.464 e. The predicted octanol–water partition coefficient (Wildman–Crippen LogP) is 4.47. The first kappa shape index (κ1) is 27.5. The topological polar surface area (TPSA) is 51.5 Å². The number of carbonyl (C=O) groups excluding carboxylic acids is 1. The molecule has 0 radical (unpaired) electrons. The van der Waals surface area contributed by atoms with Gasteiger partial charge in [-0.15, -0.1) is 0 Å². The van der Waals surface area contributed by atoms with Gasteiger partial charge in [-0.05, 0) is 40.7 Å². The van der Waals surface area contributed by atoms with Crippen molar-refractivity contribution in [2.24, 2.45) is 0 Å². The number of hydrogen-bond donors (Lipinski definition) is 1. The van der Waals surface area contributed by atoms with Gasteiger partial charge >= 0.3 is 6.09 Å². The molecule has 2 aromatic rings. The molecular formula is C23H29FNNdO3-. The molecule has 0 aliphatic carbocycles. The maximum Gasteiger partial charge on any atom is 0.407 e. The molecule has 0 fully saturated rings. The molecule has 0 saturated carbocycles. The van der Waals surface area contributed by atoms with E-state index in [1.54, 1.807) is 45.0 Å². The van der Waals surface area contributed by atoms with Crippen molar-refractivity contribution in [1.29, 1.82) is 0 Å². The maximum atomic E-state index is 15.2. The largest absolute Gasteiger partial charge is 0.464 e. The number of ether oxygens (including phenoxy) is 1. The van der Waals surface area contributed by atoms with Crippen LogP contribution in [0, 0.1) is 54.1 Å². The van der Waals surface area contributed by atoms with Gasteiger partial charge in [0, 0.05) is 69.3 Å². The van der Waals surface area contributed by atoms with Gasteiger partial charge in [0.25, 0.3) is 0 Å². The third-order valence-corrected chi connectivity index (χ3v) is 3.62. The van der Waals surface area contributed by atoms with Crippen molar-refractivity contribution in [2.45, 2.75) is 46.8 Å². The molecule has 2 rings (SSSR count). The van der Waals surface area contributed by atoms with Gasteiger partial charge in [-0.3, -0.25) is 0 Å². The van der Waals surface area contributed by atoms with Gasteiger partial charge in [-0.1, -0.05) is 36.4 Å². The molecule has 0 spiro atoms. The molecule has 0 atom stereocenters. The number of carbonyl (C=O) groups is 1. The van der Waals surface area contributed by atoms with Crippen molar-refractivity contribution in [2.75, 3.05) is 0 Å². The summed E-state index contributed by atoms with van der Waals surface area (Å²) in [5.41, 5.74) is 2.26. The molecule has 1 heterocycles. The predicted molar refractivity (Wildman–Crippen MR) is 111 cm³/mol. The van der Waals surface area contributed by atoms with Crippen molar-refractivity contribution in [1.82, 2.24) is 5.32 Å². The Morgan fingerprint density at radius 2 is 1.93 bits per heavy atom. The fourth-order valence-electron chi connectivity index (χ4n) is 2.53. The van der Waals surface area contributed by atoms with Crippen LogP contribution in [0.4, 0.5) is 9.18 Å². The van der Waals surface area contributed by atoms with Gasteiger partial charge in [0.2, 0.25) is 0 Å². The van der Waals surface area contributed by atoms with E-state index in [1.807, 2.05) is 19.9 Å². The number of benzene rings is 1. The molecule has 156 valence electrons. The second-order valence-electron chi connectivity index (χ2n) is 7.54. The van der Waals surface area contributed by atoms with Crippen LogP contribution in [-0.4, -0.2) is 11.7 Å². The monoisotopic (exact) mass is 528 g/mol. The number of rotatable bonds is 4. The molecule has 4 nitrogen and oxygen atoms in total. The van der Waals surface area contributed by atoms with Gasteiger partial charge in [0.1, 0.15) is 16.8 Å². The first-order valence-electron chi connectivity index (χ1n) is 8.75. The zero-order valence-electron chi connectivity index (χ0n) is 18.0. The summed E-state index contributed by atoms with van der Waals surface area (Å²) in [6.07, 6.45) is 2.80. The molecule has 1 amide bonds. The number of halogens is 1. The van der Waals surface area contributed by atoms with E-state index in [-0.39, 0.29) is 54.8 Å². The SMILES string of the molecule is C=c1cco/c1=C(/C=C(C)C)c1cccc(CNC(=O)OC(C)(C)C)c1F.[CH3-].[Nd]. The smallest absolute Gasteiger partial charge is 0.407 e. The Morgan fingerprint density at radius 3 is 2.45 bits per heavy atom. The van der Waals surface area contributed by atoms with E-state index < -0.39 is 17.5 Å². The summed E-state index contributed by atoms with van der Waals surface area (Å²) in [6.45, 7) is 13.1. The molecule has 6 heteroatoms. The molecular weight excluding hydrogens is 501 g/mol. The third kappa shape index (κ3) is 8.05. The molecule has 1 aromatic heterocycles. The summed E-state index contributed by atoms with van der Waals surface area (Å²) in [7, 11) is 0. The Kier molecular flexibility index (Phi) is 11.1. The van der Waals surface area contributed by atoms with Crippen LogP contribution in [0.5, 0.6) is 0 Å².